The average Bonchev–Trinajstić information content (AvgIpc) is 3.43. The van der Waals surface area contributed by atoms with Crippen molar-refractivity contribution < 1.29 is 9.53 Å². The highest BCUT2D eigenvalue weighted by molar-refractivity contribution is 5.91. The molecular weight excluding hydrogens is 442 g/mol. The van der Waals surface area contributed by atoms with Crippen LogP contribution in [0.5, 0.6) is 0 Å². The molecule has 7 rings (SSSR count). The van der Waals surface area contributed by atoms with E-state index in [9.17, 15) is 4.79 Å². The van der Waals surface area contributed by atoms with E-state index in [4.69, 9.17) is 4.74 Å². The standard InChI is InChI=1S/C33H37NO2/c1-21-14-17-36-33(21)15-13-30-28-11-9-24-18-26(35)10-12-27(24)31(28)29(19-32(30,33)2)23-7-5-22(6-8-23)25-4-3-16-34-20-25/h3-8,16,18,20,27-31H,1,9-15,17,19H2,2H3/t27-,28-,29+,30-,31+,32-,33-/m0/s1. The van der Waals surface area contributed by atoms with Gasteiger partial charge in [-0.3, -0.25) is 9.78 Å². The number of allylic oxidation sites excluding steroid dienone is 1. The van der Waals surface area contributed by atoms with E-state index in [2.05, 4.69) is 48.8 Å². The van der Waals surface area contributed by atoms with Gasteiger partial charge in [0.15, 0.2) is 5.78 Å². The van der Waals surface area contributed by atoms with Crippen LogP contribution >= 0.6 is 0 Å². The Balaban J connectivity index is 1.32. The quantitative estimate of drug-likeness (QED) is 0.424. The van der Waals surface area contributed by atoms with Gasteiger partial charge >= 0.3 is 0 Å². The predicted molar refractivity (Wildman–Crippen MR) is 142 cm³/mol. The van der Waals surface area contributed by atoms with Gasteiger partial charge in [-0.15, -0.1) is 0 Å². The summed E-state index contributed by atoms with van der Waals surface area (Å²) in [4.78, 5) is 16.6. The zero-order valence-electron chi connectivity index (χ0n) is 21.4. The lowest BCUT2D eigenvalue weighted by atomic mass is 9.46. The van der Waals surface area contributed by atoms with Gasteiger partial charge in [0.05, 0.1) is 12.2 Å². The van der Waals surface area contributed by atoms with Crippen LogP contribution in [0.25, 0.3) is 11.1 Å². The fourth-order valence-corrected chi connectivity index (χ4v) is 9.56. The predicted octanol–water partition coefficient (Wildman–Crippen LogP) is 7.30. The summed E-state index contributed by atoms with van der Waals surface area (Å²) >= 11 is 0. The Morgan fingerprint density at radius 2 is 1.86 bits per heavy atom. The number of carbonyl (C=O) groups is 1. The zero-order valence-corrected chi connectivity index (χ0v) is 21.4. The van der Waals surface area contributed by atoms with E-state index in [1.807, 2.05) is 24.5 Å². The molecule has 3 saturated carbocycles. The Hall–Kier alpha value is -2.52. The second-order valence-electron chi connectivity index (χ2n) is 12.4. The third-order valence-corrected chi connectivity index (χ3v) is 11.1. The number of pyridine rings is 1. The van der Waals surface area contributed by atoms with Gasteiger partial charge in [0.2, 0.25) is 0 Å². The molecule has 7 atom stereocenters. The molecule has 0 unspecified atom stereocenters. The van der Waals surface area contributed by atoms with E-state index in [0.29, 0.717) is 35.4 Å². The van der Waals surface area contributed by atoms with Crippen molar-refractivity contribution in [1.29, 1.82) is 0 Å². The van der Waals surface area contributed by atoms with Crippen molar-refractivity contribution in [2.75, 3.05) is 6.61 Å². The minimum absolute atomic E-state index is 0.125. The van der Waals surface area contributed by atoms with Crippen LogP contribution in [-0.2, 0) is 9.53 Å². The molecular formula is C33H37NO2. The Bertz CT molecular complexity index is 1230. The Labute approximate surface area is 215 Å². The molecule has 0 N–H and O–H groups in total. The van der Waals surface area contributed by atoms with Crippen molar-refractivity contribution in [3.63, 3.8) is 0 Å². The summed E-state index contributed by atoms with van der Waals surface area (Å²) in [5.41, 5.74) is 6.62. The maximum atomic E-state index is 12.3. The number of ether oxygens (including phenoxy) is 1. The van der Waals surface area contributed by atoms with Crippen LogP contribution in [0.4, 0.5) is 0 Å². The summed E-state index contributed by atoms with van der Waals surface area (Å²) in [5, 5.41) is 0. The van der Waals surface area contributed by atoms with E-state index in [1.165, 1.54) is 35.1 Å². The van der Waals surface area contributed by atoms with Crippen molar-refractivity contribution in [3.05, 3.63) is 78.2 Å². The molecule has 36 heavy (non-hydrogen) atoms. The topological polar surface area (TPSA) is 39.2 Å². The van der Waals surface area contributed by atoms with Gasteiger partial charge in [-0.2, -0.15) is 0 Å². The van der Waals surface area contributed by atoms with Crippen LogP contribution in [0.3, 0.4) is 0 Å². The number of hydrogen-bond donors (Lipinski definition) is 0. The van der Waals surface area contributed by atoms with Crippen LogP contribution in [0, 0.1) is 29.1 Å². The lowest BCUT2D eigenvalue weighted by Crippen LogP contribution is -2.55. The van der Waals surface area contributed by atoms with Crippen LogP contribution in [0.1, 0.15) is 69.8 Å². The lowest BCUT2D eigenvalue weighted by Gasteiger charge is -2.59. The van der Waals surface area contributed by atoms with Crippen LogP contribution in [-0.4, -0.2) is 23.0 Å². The second kappa shape index (κ2) is 8.25. The van der Waals surface area contributed by atoms with Crippen molar-refractivity contribution in [3.8, 4) is 11.1 Å². The van der Waals surface area contributed by atoms with Gasteiger partial charge in [-0.05, 0) is 109 Å². The molecule has 186 valence electrons. The number of ketones is 1. The van der Waals surface area contributed by atoms with Gasteiger partial charge < -0.3 is 4.74 Å². The summed E-state index contributed by atoms with van der Waals surface area (Å²) in [5.74, 6) is 3.37. The molecule has 5 aliphatic rings. The molecule has 4 aliphatic carbocycles. The Kier molecular flexibility index (Phi) is 5.19. The molecule has 0 amide bonds. The first-order valence-corrected chi connectivity index (χ1v) is 14.1. The molecule has 1 aliphatic heterocycles. The molecule has 4 fully saturated rings. The molecule has 1 spiro atoms. The summed E-state index contributed by atoms with van der Waals surface area (Å²) in [7, 11) is 0. The Morgan fingerprint density at radius 1 is 1.00 bits per heavy atom. The maximum Gasteiger partial charge on any atom is 0.155 e. The summed E-state index contributed by atoms with van der Waals surface area (Å²) in [6.45, 7) is 7.95. The van der Waals surface area contributed by atoms with E-state index in [0.717, 1.165) is 50.7 Å². The largest absolute Gasteiger partial charge is 0.370 e. The van der Waals surface area contributed by atoms with E-state index in [1.54, 1.807) is 0 Å². The molecule has 0 bridgehead atoms. The van der Waals surface area contributed by atoms with Gasteiger partial charge in [-0.1, -0.05) is 49.4 Å². The molecule has 1 aromatic heterocycles. The molecule has 1 saturated heterocycles. The molecule has 2 heterocycles. The second-order valence-corrected chi connectivity index (χ2v) is 12.4. The molecule has 2 aromatic rings. The number of aromatic nitrogens is 1. The molecule has 0 radical (unpaired) electrons. The van der Waals surface area contributed by atoms with Crippen LogP contribution in [0.2, 0.25) is 0 Å². The highest BCUT2D eigenvalue weighted by atomic mass is 16.5. The van der Waals surface area contributed by atoms with Gasteiger partial charge in [0.1, 0.15) is 0 Å². The summed E-state index contributed by atoms with van der Waals surface area (Å²) < 4.78 is 6.69. The molecule has 3 heteroatoms. The average molecular weight is 480 g/mol. The van der Waals surface area contributed by atoms with Gasteiger partial charge in [-0.25, -0.2) is 0 Å². The first kappa shape index (κ1) is 22.7. The Morgan fingerprint density at radius 3 is 2.61 bits per heavy atom. The van der Waals surface area contributed by atoms with Crippen LogP contribution in [0.15, 0.2) is 72.6 Å². The smallest absolute Gasteiger partial charge is 0.155 e. The fourth-order valence-electron chi connectivity index (χ4n) is 9.56. The maximum absolute atomic E-state index is 12.3. The van der Waals surface area contributed by atoms with Crippen LogP contribution < -0.4 is 0 Å². The van der Waals surface area contributed by atoms with Gasteiger partial charge in [0.25, 0.3) is 0 Å². The SMILES string of the molecule is C=C1CCO[C@@]12CC[C@H]1[C@@H]3CCC4=CC(=O)CC[C@@H]4[C@H]3[C@@H](c3ccc(-c4cccnc4)cc3)C[C@@]12C. The molecule has 1 aromatic carbocycles. The number of fused-ring (bicyclic) bond motifs is 6. The van der Waals surface area contributed by atoms with E-state index in [-0.39, 0.29) is 11.0 Å². The normalized spacial score (nSPS) is 39.5. The minimum Gasteiger partial charge on any atom is -0.370 e. The number of carbonyl (C=O) groups excluding carboxylic acids is 1. The van der Waals surface area contributed by atoms with Gasteiger partial charge in [0, 0.05) is 24.2 Å². The van der Waals surface area contributed by atoms with Crippen molar-refractivity contribution >= 4 is 5.78 Å². The number of rotatable bonds is 2. The zero-order chi connectivity index (χ0) is 24.5. The van der Waals surface area contributed by atoms with E-state index >= 15 is 0 Å². The first-order chi connectivity index (χ1) is 17.5. The monoisotopic (exact) mass is 479 g/mol. The number of nitrogens with zero attached hydrogens (tertiary/aromatic N) is 1. The lowest BCUT2D eigenvalue weighted by molar-refractivity contribution is -0.122. The fraction of sp³-hybridized carbons (Fsp3) is 0.515. The van der Waals surface area contributed by atoms with Crippen molar-refractivity contribution in [2.45, 2.75) is 69.8 Å². The number of benzene rings is 1. The summed E-state index contributed by atoms with van der Waals surface area (Å²) in [6.07, 6.45) is 14.4. The highest BCUT2D eigenvalue weighted by Gasteiger charge is 2.67. The van der Waals surface area contributed by atoms with Crippen molar-refractivity contribution in [1.82, 2.24) is 4.98 Å². The summed E-state index contributed by atoms with van der Waals surface area (Å²) in [6, 6.07) is 13.5. The minimum atomic E-state index is -0.144. The van der Waals surface area contributed by atoms with E-state index < -0.39 is 0 Å². The third-order valence-electron chi connectivity index (χ3n) is 11.1. The number of hydrogen-bond acceptors (Lipinski definition) is 3. The molecule has 3 nitrogen and oxygen atoms in total. The third kappa shape index (κ3) is 3.14. The van der Waals surface area contributed by atoms with Crippen molar-refractivity contribution in [2.24, 2.45) is 29.1 Å². The first-order valence-electron chi connectivity index (χ1n) is 14.1. The highest BCUT2D eigenvalue weighted by Crippen LogP contribution is 2.71.